The third-order valence-corrected chi connectivity index (χ3v) is 9.75. The fourth-order valence-electron chi connectivity index (χ4n) is 6.02. The number of amides is 2. The normalized spacial score (nSPS) is 16.0. The number of nitro benzene ring substituents is 1. The molecule has 9 heteroatoms. The van der Waals surface area contributed by atoms with Crippen molar-refractivity contribution >= 4 is 61.9 Å². The first-order valence-corrected chi connectivity index (χ1v) is 15.7. The number of anilines is 2. The zero-order valence-electron chi connectivity index (χ0n) is 24.3. The number of thiophene rings is 1. The monoisotopic (exact) mass is 623 g/mol. The van der Waals surface area contributed by atoms with Gasteiger partial charge in [-0.2, -0.15) is 0 Å². The van der Waals surface area contributed by atoms with Gasteiger partial charge < -0.3 is 4.90 Å². The van der Waals surface area contributed by atoms with E-state index < -0.39 is 11.0 Å². The van der Waals surface area contributed by atoms with Crippen LogP contribution in [0.15, 0.2) is 97.1 Å². The van der Waals surface area contributed by atoms with Gasteiger partial charge in [-0.05, 0) is 67.3 Å². The van der Waals surface area contributed by atoms with Crippen LogP contribution in [0.4, 0.5) is 17.1 Å². The number of nitro groups is 1. The van der Waals surface area contributed by atoms with Gasteiger partial charge in [0, 0.05) is 45.2 Å². The Labute approximate surface area is 264 Å². The number of rotatable bonds is 7. The summed E-state index contributed by atoms with van der Waals surface area (Å²) in [6.45, 7) is 4.14. The molecule has 222 valence electrons. The highest BCUT2D eigenvalue weighted by molar-refractivity contribution is 7.21. The number of para-hydroxylation sites is 2. The molecule has 0 saturated carbocycles. The van der Waals surface area contributed by atoms with Gasteiger partial charge in [0.15, 0.2) is 0 Å². The van der Waals surface area contributed by atoms with Crippen molar-refractivity contribution < 1.29 is 14.5 Å². The second kappa shape index (κ2) is 12.2. The van der Waals surface area contributed by atoms with E-state index in [-0.39, 0.29) is 28.6 Å². The number of non-ortho nitro benzene ring substituents is 1. The van der Waals surface area contributed by atoms with Crippen molar-refractivity contribution in [1.29, 1.82) is 0 Å². The number of hydrogen-bond acceptors (Lipinski definition) is 5. The molecule has 0 aliphatic carbocycles. The van der Waals surface area contributed by atoms with Crippen molar-refractivity contribution in [3.8, 4) is 0 Å². The zero-order chi connectivity index (χ0) is 31.0. The van der Waals surface area contributed by atoms with Crippen molar-refractivity contribution in [2.24, 2.45) is 0 Å². The highest BCUT2D eigenvalue weighted by Crippen LogP contribution is 2.45. The summed E-state index contributed by atoms with van der Waals surface area (Å²) in [5.74, 6) is -0.387. The largest absolute Gasteiger partial charge is 0.305 e. The molecule has 1 aliphatic rings. The second-order valence-electron chi connectivity index (χ2n) is 11.0. The maximum Gasteiger partial charge on any atom is 0.270 e. The lowest BCUT2D eigenvalue weighted by Crippen LogP contribution is -2.47. The van der Waals surface area contributed by atoms with Crippen LogP contribution in [-0.2, 0) is 6.42 Å². The molecule has 4 aromatic carbocycles. The predicted molar refractivity (Wildman–Crippen MR) is 177 cm³/mol. The summed E-state index contributed by atoms with van der Waals surface area (Å²) in [6.07, 6.45) is 2.49. The number of carbonyl (C=O) groups excluding carboxylic acids is 2. The van der Waals surface area contributed by atoms with Gasteiger partial charge in [0.05, 0.1) is 16.0 Å². The van der Waals surface area contributed by atoms with Gasteiger partial charge in [-0.15, -0.1) is 11.3 Å². The molecule has 0 saturated heterocycles. The average molecular weight is 624 g/mol. The number of carbonyl (C=O) groups is 2. The summed E-state index contributed by atoms with van der Waals surface area (Å²) in [4.78, 5) is 43.3. The molecule has 1 aromatic heterocycles. The molecule has 44 heavy (non-hydrogen) atoms. The van der Waals surface area contributed by atoms with E-state index in [1.807, 2.05) is 90.7 Å². The Balaban J connectivity index is 1.43. The van der Waals surface area contributed by atoms with Crippen LogP contribution >= 0.6 is 22.9 Å². The van der Waals surface area contributed by atoms with Crippen LogP contribution in [0.5, 0.6) is 0 Å². The smallest absolute Gasteiger partial charge is 0.270 e. The number of nitrogens with zero attached hydrogens (tertiary/aromatic N) is 3. The van der Waals surface area contributed by atoms with E-state index in [0.29, 0.717) is 32.6 Å². The van der Waals surface area contributed by atoms with Crippen LogP contribution < -0.4 is 9.80 Å². The van der Waals surface area contributed by atoms with Gasteiger partial charge in [-0.25, -0.2) is 0 Å². The van der Waals surface area contributed by atoms with E-state index in [1.54, 1.807) is 11.0 Å². The van der Waals surface area contributed by atoms with Crippen LogP contribution in [0.3, 0.4) is 0 Å². The van der Waals surface area contributed by atoms with E-state index in [4.69, 9.17) is 11.6 Å². The Kier molecular flexibility index (Phi) is 8.21. The van der Waals surface area contributed by atoms with Gasteiger partial charge in [0.1, 0.15) is 4.88 Å². The third-order valence-electron chi connectivity index (χ3n) is 8.10. The molecule has 2 heterocycles. The van der Waals surface area contributed by atoms with Crippen LogP contribution in [0.25, 0.3) is 10.1 Å². The Morgan fingerprint density at radius 1 is 1.00 bits per heavy atom. The fraction of sp³-hybridized carbons (Fsp3) is 0.200. The highest BCUT2D eigenvalue weighted by Gasteiger charge is 2.40. The van der Waals surface area contributed by atoms with Crippen LogP contribution in [0, 0.1) is 10.1 Å². The summed E-state index contributed by atoms with van der Waals surface area (Å²) in [5.41, 5.74) is 4.05. The Morgan fingerprint density at radius 2 is 1.70 bits per heavy atom. The number of benzene rings is 4. The van der Waals surface area contributed by atoms with Gasteiger partial charge >= 0.3 is 0 Å². The van der Waals surface area contributed by atoms with Gasteiger partial charge in [0.2, 0.25) is 0 Å². The summed E-state index contributed by atoms with van der Waals surface area (Å²) < 4.78 is 0.569. The zero-order valence-corrected chi connectivity index (χ0v) is 25.8. The molecule has 2 atom stereocenters. The SMILES string of the molecule is CCCc1ccc(C(=O)N2c3ccccc3[C@H](N(C(=O)c3sc4cc([N+](=O)[O-])ccc4c3Cl)c3ccccc3)C[C@@H]2C)cc1. The van der Waals surface area contributed by atoms with Crippen molar-refractivity contribution in [2.75, 3.05) is 9.80 Å². The van der Waals surface area contributed by atoms with E-state index in [2.05, 4.69) is 6.92 Å². The predicted octanol–water partition coefficient (Wildman–Crippen LogP) is 9.24. The summed E-state index contributed by atoms with van der Waals surface area (Å²) in [5, 5.41) is 12.3. The average Bonchev–Trinajstić information content (AvgIpc) is 3.37. The maximum atomic E-state index is 14.5. The number of hydrogen-bond donors (Lipinski definition) is 0. The molecular weight excluding hydrogens is 594 g/mol. The van der Waals surface area contributed by atoms with Crippen molar-refractivity contribution in [3.63, 3.8) is 0 Å². The molecule has 0 unspecified atom stereocenters. The Bertz CT molecular complexity index is 1870. The third kappa shape index (κ3) is 5.36. The standard InChI is InChI=1S/C35H30ClN3O4S/c1-3-9-23-14-16-24(17-15-23)34(40)37-22(2)20-30(27-12-7-8-13-29(27)37)38(25-10-5-4-6-11-25)35(41)33-32(36)28-19-18-26(39(42)43)21-31(28)44-33/h4-8,10-19,21-22,30H,3,9,20H2,1-2H3/t22-,30+/m0/s1. The van der Waals surface area contributed by atoms with Crippen molar-refractivity contribution in [2.45, 2.75) is 45.2 Å². The minimum atomic E-state index is -0.461. The maximum absolute atomic E-state index is 14.5. The molecule has 0 spiro atoms. The molecule has 1 aliphatic heterocycles. The van der Waals surface area contributed by atoms with E-state index in [9.17, 15) is 19.7 Å². The molecule has 0 radical (unpaired) electrons. The van der Waals surface area contributed by atoms with Crippen molar-refractivity contribution in [1.82, 2.24) is 0 Å². The number of halogens is 1. The quantitative estimate of drug-likeness (QED) is 0.134. The summed E-state index contributed by atoms with van der Waals surface area (Å²) >= 11 is 7.93. The molecule has 0 bridgehead atoms. The van der Waals surface area contributed by atoms with Crippen LogP contribution in [0.2, 0.25) is 5.02 Å². The first-order chi connectivity index (χ1) is 21.3. The van der Waals surface area contributed by atoms with Gasteiger partial charge in [-0.1, -0.05) is 73.5 Å². The van der Waals surface area contributed by atoms with Crippen molar-refractivity contribution in [3.05, 3.63) is 134 Å². The molecule has 0 fully saturated rings. The van der Waals surface area contributed by atoms with Crippen LogP contribution in [-0.4, -0.2) is 22.8 Å². The molecular formula is C35H30ClN3O4S. The van der Waals surface area contributed by atoms with Gasteiger partial charge in [0.25, 0.3) is 17.5 Å². The molecule has 0 N–H and O–H groups in total. The lowest BCUT2D eigenvalue weighted by molar-refractivity contribution is -0.384. The minimum absolute atomic E-state index is 0.0610. The summed E-state index contributed by atoms with van der Waals surface area (Å²) in [7, 11) is 0. The molecule has 6 rings (SSSR count). The molecule has 7 nitrogen and oxygen atoms in total. The first kappa shape index (κ1) is 29.5. The fourth-order valence-corrected chi connectivity index (χ4v) is 7.50. The molecule has 2 amide bonds. The van der Waals surface area contributed by atoms with E-state index >= 15 is 0 Å². The Morgan fingerprint density at radius 3 is 2.41 bits per heavy atom. The first-order valence-electron chi connectivity index (χ1n) is 14.5. The van der Waals surface area contributed by atoms with E-state index in [0.717, 1.165) is 35.4 Å². The Hall–Kier alpha value is -4.53. The lowest BCUT2D eigenvalue weighted by Gasteiger charge is -2.43. The number of aryl methyl sites for hydroxylation is 1. The number of fused-ring (bicyclic) bond motifs is 2. The highest BCUT2D eigenvalue weighted by atomic mass is 35.5. The minimum Gasteiger partial charge on any atom is -0.305 e. The van der Waals surface area contributed by atoms with Crippen LogP contribution in [0.1, 0.15) is 63.9 Å². The summed E-state index contributed by atoms with van der Waals surface area (Å²) in [6, 6.07) is 28.7. The molecule has 5 aromatic rings. The van der Waals surface area contributed by atoms with Gasteiger partial charge in [-0.3, -0.25) is 24.6 Å². The van der Waals surface area contributed by atoms with E-state index in [1.165, 1.54) is 17.7 Å². The second-order valence-corrected chi connectivity index (χ2v) is 12.4. The topological polar surface area (TPSA) is 83.8 Å². The lowest BCUT2D eigenvalue weighted by atomic mass is 9.89.